The molecule has 0 aliphatic carbocycles. The maximum atomic E-state index is 11.2. The minimum absolute atomic E-state index is 0.147. The molecule has 1 saturated heterocycles. The molecule has 2 rings (SSSR count). The maximum absolute atomic E-state index is 11.2. The van der Waals surface area contributed by atoms with Crippen molar-refractivity contribution in [2.75, 3.05) is 24.5 Å². The first-order valence-electron chi connectivity index (χ1n) is 6.60. The zero-order chi connectivity index (χ0) is 15.4. The monoisotopic (exact) mass is 288 g/mol. The van der Waals surface area contributed by atoms with Crippen LogP contribution in [0.5, 0.6) is 0 Å². The normalized spacial score (nSPS) is 18.2. The lowest BCUT2D eigenvalue weighted by Gasteiger charge is -2.40. The summed E-state index contributed by atoms with van der Waals surface area (Å²) in [6.07, 6.45) is 1.38. The molecule has 1 aliphatic rings. The molecule has 0 bridgehead atoms. The smallest absolute Gasteiger partial charge is 0.407 e. The fourth-order valence-electron chi connectivity index (χ4n) is 2.56. The summed E-state index contributed by atoms with van der Waals surface area (Å²) in [7, 11) is 0. The SMILES string of the molecule is Cc1cc(C=O)cnc1N1CCN(C(=O)O)[C@@H](CC#N)C1. The van der Waals surface area contributed by atoms with Crippen LogP contribution in [-0.2, 0) is 0 Å². The van der Waals surface area contributed by atoms with E-state index in [9.17, 15) is 9.59 Å². The van der Waals surface area contributed by atoms with Crippen molar-refractivity contribution in [3.05, 3.63) is 23.4 Å². The minimum Gasteiger partial charge on any atom is -0.465 e. The maximum Gasteiger partial charge on any atom is 0.407 e. The van der Waals surface area contributed by atoms with Crippen LogP contribution in [0, 0.1) is 18.3 Å². The highest BCUT2D eigenvalue weighted by molar-refractivity contribution is 5.75. The first kappa shape index (κ1) is 14.8. The van der Waals surface area contributed by atoms with Crippen molar-refractivity contribution in [1.82, 2.24) is 9.88 Å². The Labute approximate surface area is 122 Å². The van der Waals surface area contributed by atoms with Gasteiger partial charge in [0.2, 0.25) is 0 Å². The van der Waals surface area contributed by atoms with Crippen LogP contribution >= 0.6 is 0 Å². The summed E-state index contributed by atoms with van der Waals surface area (Å²) in [5.41, 5.74) is 1.37. The molecule has 1 fully saturated rings. The van der Waals surface area contributed by atoms with E-state index in [4.69, 9.17) is 10.4 Å². The van der Waals surface area contributed by atoms with Gasteiger partial charge < -0.3 is 14.9 Å². The van der Waals surface area contributed by atoms with E-state index in [0.29, 0.717) is 25.2 Å². The van der Waals surface area contributed by atoms with E-state index in [2.05, 4.69) is 4.98 Å². The molecule has 1 aromatic rings. The molecule has 0 radical (unpaired) electrons. The molecular formula is C14H16N4O3. The fraction of sp³-hybridized carbons (Fsp3) is 0.429. The largest absolute Gasteiger partial charge is 0.465 e. The van der Waals surface area contributed by atoms with E-state index in [0.717, 1.165) is 17.7 Å². The van der Waals surface area contributed by atoms with E-state index in [-0.39, 0.29) is 12.5 Å². The number of anilines is 1. The lowest BCUT2D eigenvalue weighted by atomic mass is 10.1. The third-order valence-electron chi connectivity index (χ3n) is 3.56. The number of pyridine rings is 1. The van der Waals surface area contributed by atoms with Crippen molar-refractivity contribution in [1.29, 1.82) is 5.26 Å². The standard InChI is InChI=1S/C14H16N4O3/c1-10-6-11(9-19)7-16-13(10)17-4-5-18(14(20)21)12(8-17)2-3-15/h6-7,9,12H,2,4-5,8H2,1H3,(H,20,21)/t12-/m0/s1. The van der Waals surface area contributed by atoms with Crippen molar-refractivity contribution >= 4 is 18.2 Å². The van der Waals surface area contributed by atoms with Crippen LogP contribution in [0.2, 0.25) is 0 Å². The number of carboxylic acid groups (broad SMARTS) is 1. The van der Waals surface area contributed by atoms with E-state index in [1.807, 2.05) is 17.9 Å². The first-order valence-corrected chi connectivity index (χ1v) is 6.60. The van der Waals surface area contributed by atoms with E-state index < -0.39 is 6.09 Å². The number of carbonyl (C=O) groups excluding carboxylic acids is 1. The second-order valence-corrected chi connectivity index (χ2v) is 4.97. The van der Waals surface area contributed by atoms with Crippen LogP contribution in [0.1, 0.15) is 22.3 Å². The van der Waals surface area contributed by atoms with Crippen LogP contribution in [0.15, 0.2) is 12.3 Å². The van der Waals surface area contributed by atoms with Gasteiger partial charge in [-0.15, -0.1) is 0 Å². The van der Waals surface area contributed by atoms with Gasteiger partial charge in [0.15, 0.2) is 6.29 Å². The molecule has 7 heteroatoms. The Morgan fingerprint density at radius 3 is 2.95 bits per heavy atom. The Morgan fingerprint density at radius 1 is 1.62 bits per heavy atom. The number of piperazine rings is 1. The quantitative estimate of drug-likeness (QED) is 0.841. The number of nitrogens with zero attached hydrogens (tertiary/aromatic N) is 4. The highest BCUT2D eigenvalue weighted by Gasteiger charge is 2.31. The Bertz CT molecular complexity index is 596. The van der Waals surface area contributed by atoms with Gasteiger partial charge in [0.25, 0.3) is 0 Å². The molecular weight excluding hydrogens is 272 g/mol. The van der Waals surface area contributed by atoms with Crippen LogP contribution in [0.4, 0.5) is 10.6 Å². The van der Waals surface area contributed by atoms with Crippen LogP contribution in [-0.4, -0.2) is 53.0 Å². The van der Waals surface area contributed by atoms with Crippen molar-refractivity contribution in [3.8, 4) is 6.07 Å². The second kappa shape index (κ2) is 6.22. The van der Waals surface area contributed by atoms with Gasteiger partial charge in [-0.3, -0.25) is 4.79 Å². The Hall–Kier alpha value is -2.62. The summed E-state index contributed by atoms with van der Waals surface area (Å²) in [5, 5.41) is 18.0. The van der Waals surface area contributed by atoms with E-state index in [1.165, 1.54) is 11.1 Å². The van der Waals surface area contributed by atoms with E-state index in [1.54, 1.807) is 6.07 Å². The number of aromatic nitrogens is 1. The molecule has 1 amide bonds. The molecule has 0 unspecified atom stereocenters. The Balaban J connectivity index is 2.21. The van der Waals surface area contributed by atoms with Crippen LogP contribution < -0.4 is 4.90 Å². The van der Waals surface area contributed by atoms with Gasteiger partial charge in [-0.25, -0.2) is 9.78 Å². The number of hydrogen-bond acceptors (Lipinski definition) is 5. The fourth-order valence-corrected chi connectivity index (χ4v) is 2.56. The number of amides is 1. The van der Waals surface area contributed by atoms with Gasteiger partial charge in [0.05, 0.1) is 18.5 Å². The molecule has 1 aromatic heterocycles. The topological polar surface area (TPSA) is 97.5 Å². The average molecular weight is 288 g/mol. The molecule has 1 N–H and O–H groups in total. The lowest BCUT2D eigenvalue weighted by Crippen LogP contribution is -2.55. The third-order valence-corrected chi connectivity index (χ3v) is 3.56. The molecule has 1 atom stereocenters. The molecule has 21 heavy (non-hydrogen) atoms. The van der Waals surface area contributed by atoms with Gasteiger partial charge in [0, 0.05) is 31.4 Å². The van der Waals surface area contributed by atoms with Gasteiger partial charge in [-0.05, 0) is 18.6 Å². The highest BCUT2D eigenvalue weighted by atomic mass is 16.4. The predicted octanol–water partition coefficient (Wildman–Crippen LogP) is 1.28. The molecule has 1 aliphatic heterocycles. The van der Waals surface area contributed by atoms with E-state index >= 15 is 0 Å². The Morgan fingerprint density at radius 2 is 2.38 bits per heavy atom. The van der Waals surface area contributed by atoms with Crippen molar-refractivity contribution in [3.63, 3.8) is 0 Å². The summed E-state index contributed by atoms with van der Waals surface area (Å²) in [6, 6.07) is 3.41. The molecule has 7 nitrogen and oxygen atoms in total. The van der Waals surface area contributed by atoms with Gasteiger partial charge in [-0.1, -0.05) is 0 Å². The van der Waals surface area contributed by atoms with Gasteiger partial charge >= 0.3 is 6.09 Å². The van der Waals surface area contributed by atoms with Gasteiger partial charge in [-0.2, -0.15) is 5.26 Å². The molecule has 0 spiro atoms. The summed E-state index contributed by atoms with van der Waals surface area (Å²) in [4.78, 5) is 29.5. The number of carbonyl (C=O) groups is 2. The third kappa shape index (κ3) is 3.11. The number of nitriles is 1. The number of aldehydes is 1. The van der Waals surface area contributed by atoms with Crippen molar-refractivity contribution in [2.24, 2.45) is 0 Å². The van der Waals surface area contributed by atoms with Crippen molar-refractivity contribution < 1.29 is 14.7 Å². The highest BCUT2D eigenvalue weighted by Crippen LogP contribution is 2.22. The molecule has 110 valence electrons. The lowest BCUT2D eigenvalue weighted by molar-refractivity contribution is 0.112. The first-order chi connectivity index (χ1) is 10.1. The van der Waals surface area contributed by atoms with Crippen LogP contribution in [0.25, 0.3) is 0 Å². The van der Waals surface area contributed by atoms with Crippen molar-refractivity contribution in [2.45, 2.75) is 19.4 Å². The predicted molar refractivity (Wildman–Crippen MR) is 75.3 cm³/mol. The van der Waals surface area contributed by atoms with Crippen LogP contribution in [0.3, 0.4) is 0 Å². The summed E-state index contributed by atoms with van der Waals surface area (Å²) < 4.78 is 0. The molecule has 0 saturated carbocycles. The number of hydrogen-bond donors (Lipinski definition) is 1. The number of rotatable bonds is 3. The summed E-state index contributed by atoms with van der Waals surface area (Å²) in [5.74, 6) is 0.730. The molecule has 2 heterocycles. The average Bonchev–Trinajstić information content (AvgIpc) is 2.47. The minimum atomic E-state index is -1.00. The second-order valence-electron chi connectivity index (χ2n) is 4.97. The Kier molecular flexibility index (Phi) is 4.38. The molecule has 0 aromatic carbocycles. The zero-order valence-electron chi connectivity index (χ0n) is 11.7. The van der Waals surface area contributed by atoms with Gasteiger partial charge in [0.1, 0.15) is 5.82 Å². The number of aryl methyl sites for hydroxylation is 1. The summed E-state index contributed by atoms with van der Waals surface area (Å²) in [6.45, 7) is 3.13. The summed E-state index contributed by atoms with van der Waals surface area (Å²) >= 11 is 0. The zero-order valence-corrected chi connectivity index (χ0v) is 11.7.